The third-order valence-corrected chi connectivity index (χ3v) is 13.6. The van der Waals surface area contributed by atoms with E-state index < -0.39 is 0 Å². The van der Waals surface area contributed by atoms with E-state index in [4.69, 9.17) is 0 Å². The zero-order valence-corrected chi connectivity index (χ0v) is 32.9. The molecule has 0 aliphatic carbocycles. The fourth-order valence-corrected chi connectivity index (χ4v) is 10.8. The first-order valence-electron chi connectivity index (χ1n) is 18.0. The van der Waals surface area contributed by atoms with Crippen molar-refractivity contribution in [3.05, 3.63) is 73.9 Å². The van der Waals surface area contributed by atoms with Crippen LogP contribution < -0.4 is 57.9 Å². The SMILES string of the molecule is CCn1c(=Cc2cccc[n+]2CCNC(=O)CCCCCNC(=O)CCCC[C@@H]2SC[C@@H]3NC(=O)N[C@@H]32)sc(=C2Sc3ccccc3N2C)c1=O.[Cl-]. The van der Waals surface area contributed by atoms with Gasteiger partial charge in [0.05, 0.1) is 24.3 Å². The number of hydrogen-bond acceptors (Lipinski definition) is 8. The Morgan fingerprint density at radius 2 is 1.71 bits per heavy atom. The lowest BCUT2D eigenvalue weighted by molar-refractivity contribution is -0.696. The largest absolute Gasteiger partial charge is 1.00 e. The van der Waals surface area contributed by atoms with Gasteiger partial charge in [-0.05, 0) is 50.8 Å². The van der Waals surface area contributed by atoms with Crippen LogP contribution in [-0.2, 0) is 22.7 Å². The number of unbranched alkanes of at least 4 members (excludes halogenated alkanes) is 3. The van der Waals surface area contributed by atoms with Gasteiger partial charge in [0.15, 0.2) is 12.7 Å². The molecule has 11 nitrogen and oxygen atoms in total. The highest BCUT2D eigenvalue weighted by Gasteiger charge is 2.42. The molecule has 15 heteroatoms. The Labute approximate surface area is 323 Å². The smallest absolute Gasteiger partial charge is 0.315 e. The van der Waals surface area contributed by atoms with Gasteiger partial charge in [-0.1, -0.05) is 36.7 Å². The maximum Gasteiger partial charge on any atom is 0.315 e. The Morgan fingerprint density at radius 1 is 0.962 bits per heavy atom. The van der Waals surface area contributed by atoms with Crippen molar-refractivity contribution in [2.75, 3.05) is 30.8 Å². The molecular weight excluding hydrogens is 738 g/mol. The summed E-state index contributed by atoms with van der Waals surface area (Å²) in [6, 6.07) is 14.6. The van der Waals surface area contributed by atoms with Crippen LogP contribution in [0.2, 0.25) is 0 Å². The van der Waals surface area contributed by atoms with Gasteiger partial charge < -0.3 is 38.6 Å². The number of halogens is 1. The molecule has 280 valence electrons. The van der Waals surface area contributed by atoms with E-state index in [1.807, 2.05) is 66.8 Å². The molecule has 3 aromatic rings. The lowest BCUT2D eigenvalue weighted by Gasteiger charge is -2.16. The van der Waals surface area contributed by atoms with Gasteiger partial charge in [0, 0.05) is 67.1 Å². The number of pyridine rings is 1. The van der Waals surface area contributed by atoms with Crippen LogP contribution in [0.15, 0.2) is 58.4 Å². The van der Waals surface area contributed by atoms with Crippen molar-refractivity contribution in [3.8, 4) is 0 Å². The van der Waals surface area contributed by atoms with Crippen molar-refractivity contribution in [1.82, 2.24) is 25.8 Å². The number of benzene rings is 1. The molecule has 6 rings (SSSR count). The topological polar surface area (TPSA) is 128 Å². The number of hydrogen-bond donors (Lipinski definition) is 4. The Bertz CT molecular complexity index is 1920. The molecule has 1 aromatic carbocycles. The highest BCUT2D eigenvalue weighted by Crippen LogP contribution is 2.45. The highest BCUT2D eigenvalue weighted by molar-refractivity contribution is 8.08. The quantitative estimate of drug-likeness (QED) is 0.0907. The van der Waals surface area contributed by atoms with Gasteiger partial charge in [-0.2, -0.15) is 16.3 Å². The number of rotatable bonds is 16. The summed E-state index contributed by atoms with van der Waals surface area (Å²) in [5.41, 5.74) is 2.10. The molecule has 2 aromatic heterocycles. The molecule has 0 spiro atoms. The van der Waals surface area contributed by atoms with Crippen molar-refractivity contribution in [2.24, 2.45) is 0 Å². The molecule has 4 amide bonds. The van der Waals surface area contributed by atoms with Crippen LogP contribution >= 0.6 is 34.9 Å². The Hall–Kier alpha value is -3.46. The zero-order chi connectivity index (χ0) is 35.7. The van der Waals surface area contributed by atoms with Crippen molar-refractivity contribution >= 4 is 69.5 Å². The van der Waals surface area contributed by atoms with Gasteiger partial charge in [-0.15, -0.1) is 11.3 Å². The average molecular weight is 786 g/mol. The van der Waals surface area contributed by atoms with E-state index in [0.717, 1.165) is 74.8 Å². The van der Waals surface area contributed by atoms with E-state index in [9.17, 15) is 19.2 Å². The van der Waals surface area contributed by atoms with E-state index in [0.29, 0.717) is 44.3 Å². The summed E-state index contributed by atoms with van der Waals surface area (Å²) >= 11 is 5.06. The van der Waals surface area contributed by atoms with Gasteiger partial charge in [0.25, 0.3) is 5.56 Å². The molecule has 2 saturated heterocycles. The number of anilines is 1. The van der Waals surface area contributed by atoms with E-state index in [-0.39, 0.29) is 47.9 Å². The average Bonchev–Trinajstić information content (AvgIpc) is 3.86. The summed E-state index contributed by atoms with van der Waals surface area (Å²) in [6.45, 7) is 4.32. The molecule has 5 heterocycles. The summed E-state index contributed by atoms with van der Waals surface area (Å²) in [5, 5.41) is 13.4. The van der Waals surface area contributed by atoms with E-state index in [1.165, 1.54) is 11.3 Å². The molecular formula is C37H48ClN7O4S3. The number of amides is 4. The fourth-order valence-electron chi connectivity index (χ4n) is 6.80. The monoisotopic (exact) mass is 785 g/mol. The number of thioether (sulfide) groups is 2. The van der Waals surface area contributed by atoms with E-state index in [2.05, 4.69) is 48.9 Å². The van der Waals surface area contributed by atoms with Crippen LogP contribution in [0.25, 0.3) is 11.1 Å². The predicted octanol–water partition coefficient (Wildman–Crippen LogP) is -0.124. The van der Waals surface area contributed by atoms with Gasteiger partial charge in [0.2, 0.25) is 17.5 Å². The minimum absolute atomic E-state index is 0. The van der Waals surface area contributed by atoms with Crippen molar-refractivity contribution in [1.29, 1.82) is 0 Å². The molecule has 0 radical (unpaired) electrons. The maximum atomic E-state index is 13.5. The standard InChI is InChI=1S/C37H47N7O4S3.ClH/c1-3-44-32(51-34(35(44)47)36-42(2)27-14-6-7-15-28(27)50-36)23-25-13-10-12-21-43(25)22-20-39-31(46)17-5-4-11-19-38-30(45)18-9-8-16-29-33-26(24-49-29)40-37(48)41-33;/h6-7,10,12-15,21,23,26,29,33H,3-5,8-9,11,16-20,22,24H2,1-2H3,(H3-,38,39,40,41,45,46,48);1H/t26-,29-,33-;/m0./s1. The third-order valence-electron chi connectivity index (χ3n) is 9.57. The van der Waals surface area contributed by atoms with Crippen LogP contribution in [0.3, 0.4) is 0 Å². The van der Waals surface area contributed by atoms with Crippen LogP contribution in [0.5, 0.6) is 0 Å². The van der Waals surface area contributed by atoms with Crippen LogP contribution in [-0.4, -0.2) is 65.6 Å². The van der Waals surface area contributed by atoms with Crippen LogP contribution in [0, 0.1) is 0 Å². The number of para-hydroxylation sites is 1. The number of urea groups is 1. The number of nitrogens with zero attached hydrogens (tertiary/aromatic N) is 3. The van der Waals surface area contributed by atoms with E-state index >= 15 is 0 Å². The molecule has 3 aliphatic heterocycles. The molecule has 0 saturated carbocycles. The lowest BCUT2D eigenvalue weighted by atomic mass is 10.0. The Balaban J connectivity index is 0.00000523. The Kier molecular flexibility index (Phi) is 14.6. The van der Waals surface area contributed by atoms with Gasteiger partial charge in [-0.3, -0.25) is 19.0 Å². The first-order chi connectivity index (χ1) is 24.8. The van der Waals surface area contributed by atoms with Gasteiger partial charge in [0.1, 0.15) is 14.2 Å². The van der Waals surface area contributed by atoms with Crippen LogP contribution in [0.1, 0.15) is 64.0 Å². The maximum absolute atomic E-state index is 13.5. The third kappa shape index (κ3) is 9.74. The van der Waals surface area contributed by atoms with Crippen molar-refractivity contribution in [3.63, 3.8) is 0 Å². The van der Waals surface area contributed by atoms with Crippen LogP contribution in [0.4, 0.5) is 10.5 Å². The summed E-state index contributed by atoms with van der Waals surface area (Å²) in [7, 11) is 2.01. The van der Waals surface area contributed by atoms with E-state index in [1.54, 1.807) is 11.8 Å². The van der Waals surface area contributed by atoms with Crippen molar-refractivity contribution < 1.29 is 31.4 Å². The second-order valence-electron chi connectivity index (χ2n) is 13.1. The molecule has 3 atom stereocenters. The first kappa shape index (κ1) is 39.7. The van der Waals surface area contributed by atoms with Crippen molar-refractivity contribution in [2.45, 2.75) is 93.6 Å². The normalized spacial score (nSPS) is 20.2. The Morgan fingerprint density at radius 3 is 2.50 bits per heavy atom. The second-order valence-corrected chi connectivity index (χ2v) is 16.4. The molecule has 0 unspecified atom stereocenters. The molecule has 4 N–H and O–H groups in total. The fraction of sp³-hybridized carbons (Fsp3) is 0.486. The minimum atomic E-state index is -0.0602. The van der Waals surface area contributed by atoms with Gasteiger partial charge >= 0.3 is 6.03 Å². The van der Waals surface area contributed by atoms with Gasteiger partial charge in [-0.25, -0.2) is 4.79 Å². The molecule has 3 aliphatic rings. The number of carbonyl (C=O) groups is 3. The first-order valence-corrected chi connectivity index (χ1v) is 20.7. The molecule has 0 bridgehead atoms. The summed E-state index contributed by atoms with van der Waals surface area (Å²) < 4.78 is 5.57. The summed E-state index contributed by atoms with van der Waals surface area (Å²) in [6.07, 6.45) is 10.4. The number of aromatic nitrogens is 2. The number of thiazole rings is 1. The molecule has 52 heavy (non-hydrogen) atoms. The predicted molar refractivity (Wildman–Crippen MR) is 206 cm³/mol. The molecule has 2 fully saturated rings. The number of nitrogens with one attached hydrogen (secondary N) is 4. The number of carbonyl (C=O) groups excluding carboxylic acids is 3. The number of fused-ring (bicyclic) bond motifs is 2. The minimum Gasteiger partial charge on any atom is -1.00 e. The summed E-state index contributed by atoms with van der Waals surface area (Å²) in [5.74, 6) is 1.07. The lowest BCUT2D eigenvalue weighted by Crippen LogP contribution is -3.00. The summed E-state index contributed by atoms with van der Waals surface area (Å²) in [4.78, 5) is 53.1. The zero-order valence-electron chi connectivity index (χ0n) is 29.7. The second kappa shape index (κ2) is 19.0. The highest BCUT2D eigenvalue weighted by atomic mass is 35.5.